The van der Waals surface area contributed by atoms with Gasteiger partial charge in [-0.1, -0.05) is 6.07 Å². The van der Waals surface area contributed by atoms with E-state index >= 15 is 0 Å². The SMILES string of the molecule is NNc1nc(Cc2cccnc2)nc2c1CCCC2. The van der Waals surface area contributed by atoms with Crippen molar-refractivity contribution in [2.24, 2.45) is 5.84 Å². The van der Waals surface area contributed by atoms with Crippen LogP contribution < -0.4 is 11.3 Å². The minimum absolute atomic E-state index is 0.690. The molecule has 3 rings (SSSR count). The van der Waals surface area contributed by atoms with Crippen LogP contribution in [0.25, 0.3) is 0 Å². The number of nitrogen functional groups attached to an aromatic ring is 1. The highest BCUT2D eigenvalue weighted by Crippen LogP contribution is 2.25. The Balaban J connectivity index is 1.94. The average Bonchev–Trinajstić information content (AvgIpc) is 2.47. The maximum absolute atomic E-state index is 5.58. The van der Waals surface area contributed by atoms with Crippen LogP contribution in [-0.2, 0) is 19.3 Å². The minimum atomic E-state index is 0.690. The van der Waals surface area contributed by atoms with Gasteiger partial charge in [0.2, 0.25) is 0 Å². The van der Waals surface area contributed by atoms with Gasteiger partial charge in [-0.2, -0.15) is 0 Å². The molecule has 0 bridgehead atoms. The third-order valence-corrected chi connectivity index (χ3v) is 3.45. The molecule has 0 spiro atoms. The molecular weight excluding hydrogens is 238 g/mol. The Labute approximate surface area is 112 Å². The molecule has 2 aromatic rings. The maximum atomic E-state index is 5.58. The summed E-state index contributed by atoms with van der Waals surface area (Å²) in [6, 6.07) is 3.96. The van der Waals surface area contributed by atoms with Gasteiger partial charge in [0.15, 0.2) is 0 Å². The lowest BCUT2D eigenvalue weighted by Crippen LogP contribution is -2.18. The summed E-state index contributed by atoms with van der Waals surface area (Å²) >= 11 is 0. The first-order valence-electron chi connectivity index (χ1n) is 6.61. The third-order valence-electron chi connectivity index (χ3n) is 3.45. The fourth-order valence-corrected chi connectivity index (χ4v) is 2.53. The molecule has 2 heterocycles. The highest BCUT2D eigenvalue weighted by molar-refractivity contribution is 5.47. The van der Waals surface area contributed by atoms with Crippen molar-refractivity contribution < 1.29 is 0 Å². The van der Waals surface area contributed by atoms with Crippen molar-refractivity contribution in [2.75, 3.05) is 5.43 Å². The van der Waals surface area contributed by atoms with E-state index in [0.29, 0.717) is 6.42 Å². The van der Waals surface area contributed by atoms with Crippen molar-refractivity contribution in [3.63, 3.8) is 0 Å². The molecule has 5 nitrogen and oxygen atoms in total. The number of anilines is 1. The van der Waals surface area contributed by atoms with Gasteiger partial charge in [-0.15, -0.1) is 0 Å². The van der Waals surface area contributed by atoms with Crippen LogP contribution in [0.15, 0.2) is 24.5 Å². The van der Waals surface area contributed by atoms with Crippen molar-refractivity contribution in [1.29, 1.82) is 0 Å². The molecule has 5 heteroatoms. The summed E-state index contributed by atoms with van der Waals surface area (Å²) in [4.78, 5) is 13.3. The van der Waals surface area contributed by atoms with Crippen LogP contribution in [0.4, 0.5) is 5.82 Å². The summed E-state index contributed by atoms with van der Waals surface area (Å²) in [5.74, 6) is 7.17. The zero-order valence-electron chi connectivity index (χ0n) is 10.8. The molecule has 0 unspecified atom stereocenters. The molecule has 0 saturated heterocycles. The highest BCUT2D eigenvalue weighted by Gasteiger charge is 2.17. The van der Waals surface area contributed by atoms with Crippen LogP contribution >= 0.6 is 0 Å². The largest absolute Gasteiger partial charge is 0.308 e. The first kappa shape index (κ1) is 12.0. The van der Waals surface area contributed by atoms with E-state index in [-0.39, 0.29) is 0 Å². The quantitative estimate of drug-likeness (QED) is 0.644. The van der Waals surface area contributed by atoms with Crippen LogP contribution in [0.5, 0.6) is 0 Å². The average molecular weight is 255 g/mol. The summed E-state index contributed by atoms with van der Waals surface area (Å²) in [6.07, 6.45) is 8.72. The first-order valence-corrected chi connectivity index (χ1v) is 6.61. The Morgan fingerprint density at radius 1 is 1.21 bits per heavy atom. The van der Waals surface area contributed by atoms with Crippen LogP contribution in [-0.4, -0.2) is 15.0 Å². The first-order chi connectivity index (χ1) is 9.36. The lowest BCUT2D eigenvalue weighted by molar-refractivity contribution is 0.657. The second kappa shape index (κ2) is 5.32. The molecule has 1 aliphatic rings. The molecule has 2 aromatic heterocycles. The van der Waals surface area contributed by atoms with Crippen LogP contribution in [0.2, 0.25) is 0 Å². The summed E-state index contributed by atoms with van der Waals surface area (Å²) < 4.78 is 0. The van der Waals surface area contributed by atoms with E-state index in [1.165, 1.54) is 18.4 Å². The van der Waals surface area contributed by atoms with Gasteiger partial charge in [0.05, 0.1) is 0 Å². The van der Waals surface area contributed by atoms with Gasteiger partial charge in [0.1, 0.15) is 11.6 Å². The number of hydrogen-bond donors (Lipinski definition) is 2. The Morgan fingerprint density at radius 3 is 2.89 bits per heavy atom. The number of hydrogen-bond acceptors (Lipinski definition) is 5. The van der Waals surface area contributed by atoms with E-state index < -0.39 is 0 Å². The molecule has 1 aliphatic carbocycles. The van der Waals surface area contributed by atoms with Crippen LogP contribution in [0.1, 0.15) is 35.5 Å². The molecule has 0 amide bonds. The summed E-state index contributed by atoms with van der Waals surface area (Å²) in [5, 5.41) is 0. The van der Waals surface area contributed by atoms with Crippen LogP contribution in [0.3, 0.4) is 0 Å². The lowest BCUT2D eigenvalue weighted by Gasteiger charge is -2.18. The van der Waals surface area contributed by atoms with E-state index in [9.17, 15) is 0 Å². The van der Waals surface area contributed by atoms with Crippen molar-refractivity contribution in [3.8, 4) is 0 Å². The molecule has 0 aliphatic heterocycles. The van der Waals surface area contributed by atoms with Gasteiger partial charge < -0.3 is 5.43 Å². The molecule has 3 N–H and O–H groups in total. The topological polar surface area (TPSA) is 76.7 Å². The van der Waals surface area contributed by atoms with Gasteiger partial charge in [0, 0.05) is 30.1 Å². The Bertz CT molecular complexity index is 550. The predicted octanol–water partition coefficient (Wildman–Crippen LogP) is 1.63. The smallest absolute Gasteiger partial charge is 0.147 e. The number of fused-ring (bicyclic) bond motifs is 1. The highest BCUT2D eigenvalue weighted by atomic mass is 15.3. The fourth-order valence-electron chi connectivity index (χ4n) is 2.53. The summed E-state index contributed by atoms with van der Waals surface area (Å²) in [6.45, 7) is 0. The lowest BCUT2D eigenvalue weighted by atomic mass is 9.96. The monoisotopic (exact) mass is 255 g/mol. The maximum Gasteiger partial charge on any atom is 0.147 e. The molecule has 0 saturated carbocycles. The number of pyridine rings is 1. The molecule has 0 aromatic carbocycles. The van der Waals surface area contributed by atoms with Crippen molar-refractivity contribution in [2.45, 2.75) is 32.1 Å². The standard InChI is InChI=1S/C14H17N5/c15-19-14-11-5-1-2-6-12(11)17-13(18-14)8-10-4-3-7-16-9-10/h3-4,7,9H,1-2,5-6,8,15H2,(H,17,18,19). The number of nitrogens with one attached hydrogen (secondary N) is 1. The molecule has 0 fully saturated rings. The number of aryl methyl sites for hydroxylation is 1. The van der Waals surface area contributed by atoms with E-state index in [1.807, 2.05) is 18.3 Å². The Kier molecular flexibility index (Phi) is 3.37. The number of nitrogens with zero attached hydrogens (tertiary/aromatic N) is 3. The van der Waals surface area contributed by atoms with Crippen molar-refractivity contribution in [1.82, 2.24) is 15.0 Å². The molecule has 19 heavy (non-hydrogen) atoms. The van der Waals surface area contributed by atoms with Crippen molar-refractivity contribution in [3.05, 3.63) is 47.2 Å². The second-order valence-electron chi connectivity index (χ2n) is 4.80. The summed E-state index contributed by atoms with van der Waals surface area (Å²) in [5.41, 5.74) is 6.16. The van der Waals surface area contributed by atoms with E-state index in [4.69, 9.17) is 5.84 Å². The minimum Gasteiger partial charge on any atom is -0.308 e. The normalized spacial score (nSPS) is 13.9. The Hall–Kier alpha value is -2.01. The number of nitrogens with two attached hydrogens (primary N) is 1. The van der Waals surface area contributed by atoms with Gasteiger partial charge in [0.25, 0.3) is 0 Å². The molecular formula is C14H17N5. The zero-order chi connectivity index (χ0) is 13.1. The van der Waals surface area contributed by atoms with E-state index in [0.717, 1.165) is 35.7 Å². The molecule has 0 radical (unpaired) electrons. The predicted molar refractivity (Wildman–Crippen MR) is 73.5 cm³/mol. The summed E-state index contributed by atoms with van der Waals surface area (Å²) in [7, 11) is 0. The van der Waals surface area contributed by atoms with Gasteiger partial charge >= 0.3 is 0 Å². The molecule has 0 atom stereocenters. The van der Waals surface area contributed by atoms with Gasteiger partial charge in [-0.3, -0.25) is 4.98 Å². The van der Waals surface area contributed by atoms with Gasteiger partial charge in [-0.05, 0) is 37.3 Å². The fraction of sp³-hybridized carbons (Fsp3) is 0.357. The third kappa shape index (κ3) is 2.56. The molecule has 98 valence electrons. The van der Waals surface area contributed by atoms with E-state index in [2.05, 4.69) is 20.4 Å². The number of hydrazine groups is 1. The zero-order valence-corrected chi connectivity index (χ0v) is 10.8. The van der Waals surface area contributed by atoms with Crippen LogP contribution in [0, 0.1) is 0 Å². The second-order valence-corrected chi connectivity index (χ2v) is 4.80. The number of aromatic nitrogens is 3. The van der Waals surface area contributed by atoms with Gasteiger partial charge in [-0.25, -0.2) is 15.8 Å². The van der Waals surface area contributed by atoms with E-state index in [1.54, 1.807) is 6.20 Å². The number of rotatable bonds is 3. The Morgan fingerprint density at radius 2 is 2.11 bits per heavy atom. The van der Waals surface area contributed by atoms with Crippen molar-refractivity contribution >= 4 is 5.82 Å².